The number of carbonyl (C=O) groups excluding carboxylic acids is 1. The Bertz CT molecular complexity index is 1120. The molecule has 0 unspecified atom stereocenters. The lowest BCUT2D eigenvalue weighted by atomic mass is 10.2. The Labute approximate surface area is 176 Å². The van der Waals surface area contributed by atoms with Crippen molar-refractivity contribution >= 4 is 32.7 Å². The van der Waals surface area contributed by atoms with E-state index in [4.69, 9.17) is 14.2 Å². The number of hydrogen-bond donors (Lipinski definition) is 0. The molecule has 2 heterocycles. The van der Waals surface area contributed by atoms with Gasteiger partial charge in [-0.25, -0.2) is 4.57 Å². The van der Waals surface area contributed by atoms with Crippen molar-refractivity contribution in [3.8, 4) is 17.2 Å². The number of unbranched alkanes of at least 4 members (excludes halogenated alkanes) is 1. The highest BCUT2D eigenvalue weighted by molar-refractivity contribution is 9.10. The van der Waals surface area contributed by atoms with E-state index in [0.717, 1.165) is 28.3 Å². The Kier molecular flexibility index (Phi) is 6.32. The number of fused-ring (bicyclic) bond motifs is 1. The van der Waals surface area contributed by atoms with Gasteiger partial charge in [-0.1, -0.05) is 13.3 Å². The van der Waals surface area contributed by atoms with Crippen LogP contribution in [-0.2, 0) is 6.54 Å². The molecular weight excluding hydrogens is 440 g/mol. The number of aromatic nitrogens is 2. The average molecular weight is 463 g/mol. The molecule has 0 amide bonds. The van der Waals surface area contributed by atoms with Crippen molar-refractivity contribution in [3.05, 3.63) is 51.0 Å². The number of halogens is 1. The lowest BCUT2D eigenvalue weighted by molar-refractivity contribution is 0.0946. The normalized spacial score (nSPS) is 10.9. The number of benzene rings is 1. The number of aryl methyl sites for hydroxylation is 1. The third-order valence-electron chi connectivity index (χ3n) is 4.76. The van der Waals surface area contributed by atoms with E-state index in [-0.39, 0.29) is 0 Å². The van der Waals surface area contributed by atoms with Crippen molar-refractivity contribution in [1.82, 2.24) is 9.13 Å². The molecule has 0 aliphatic heterocycles. The smallest absolute Gasteiger partial charge is 0.281 e. The SMILES string of the molecule is CCCCn1c(C(=O)n2cccc(Br)c2=O)cc2cc(OC)c(OC)c(OC)c21. The molecule has 3 rings (SSSR count). The fourth-order valence-electron chi connectivity index (χ4n) is 3.37. The third-order valence-corrected chi connectivity index (χ3v) is 5.36. The van der Waals surface area contributed by atoms with Gasteiger partial charge in [0.1, 0.15) is 5.69 Å². The van der Waals surface area contributed by atoms with Crippen LogP contribution in [0, 0.1) is 0 Å². The van der Waals surface area contributed by atoms with Gasteiger partial charge in [-0.3, -0.25) is 9.59 Å². The minimum atomic E-state index is -0.413. The van der Waals surface area contributed by atoms with Crippen LogP contribution in [0.4, 0.5) is 0 Å². The summed E-state index contributed by atoms with van der Waals surface area (Å²) < 4.78 is 19.9. The molecule has 154 valence electrons. The Morgan fingerprint density at radius 2 is 1.83 bits per heavy atom. The number of pyridine rings is 1. The van der Waals surface area contributed by atoms with Gasteiger partial charge >= 0.3 is 0 Å². The van der Waals surface area contributed by atoms with Crippen molar-refractivity contribution in [3.63, 3.8) is 0 Å². The zero-order valence-electron chi connectivity index (χ0n) is 16.8. The molecule has 0 aliphatic carbocycles. The van der Waals surface area contributed by atoms with Gasteiger partial charge in [0, 0.05) is 18.1 Å². The largest absolute Gasteiger partial charge is 0.493 e. The zero-order chi connectivity index (χ0) is 21.1. The van der Waals surface area contributed by atoms with E-state index >= 15 is 0 Å². The summed E-state index contributed by atoms with van der Waals surface area (Å²) in [4.78, 5) is 25.8. The molecule has 29 heavy (non-hydrogen) atoms. The molecule has 1 aromatic carbocycles. The third kappa shape index (κ3) is 3.64. The Balaban J connectivity index is 2.33. The second kappa shape index (κ2) is 8.73. The molecular formula is C21H23BrN2O5. The summed E-state index contributed by atoms with van der Waals surface area (Å²) in [5.41, 5.74) is 0.708. The maximum absolute atomic E-state index is 13.3. The predicted octanol–water partition coefficient (Wildman–Crippen LogP) is 4.08. The monoisotopic (exact) mass is 462 g/mol. The van der Waals surface area contributed by atoms with Gasteiger partial charge < -0.3 is 18.8 Å². The first-order chi connectivity index (χ1) is 14.0. The van der Waals surface area contributed by atoms with Gasteiger partial charge in [0.05, 0.1) is 31.3 Å². The molecule has 0 saturated carbocycles. The van der Waals surface area contributed by atoms with E-state index in [9.17, 15) is 9.59 Å². The van der Waals surface area contributed by atoms with Gasteiger partial charge in [0.15, 0.2) is 11.5 Å². The summed E-state index contributed by atoms with van der Waals surface area (Å²) in [6, 6.07) is 6.82. The average Bonchev–Trinajstić information content (AvgIpc) is 3.10. The maximum atomic E-state index is 13.3. The van der Waals surface area contributed by atoms with Crippen LogP contribution in [0.25, 0.3) is 10.9 Å². The second-order valence-corrected chi connectivity index (χ2v) is 7.31. The highest BCUT2D eigenvalue weighted by Crippen LogP contribution is 2.44. The Morgan fingerprint density at radius 1 is 1.10 bits per heavy atom. The van der Waals surface area contributed by atoms with Crippen molar-refractivity contribution in [1.29, 1.82) is 0 Å². The first-order valence-corrected chi connectivity index (χ1v) is 10.0. The van der Waals surface area contributed by atoms with E-state index in [1.807, 2.05) is 4.57 Å². The Hall–Kier alpha value is -2.74. The zero-order valence-corrected chi connectivity index (χ0v) is 18.4. The van der Waals surface area contributed by atoms with Gasteiger partial charge in [-0.05, 0) is 46.6 Å². The van der Waals surface area contributed by atoms with Crippen LogP contribution in [0.1, 0.15) is 30.3 Å². The summed E-state index contributed by atoms with van der Waals surface area (Å²) >= 11 is 3.20. The summed E-state index contributed by atoms with van der Waals surface area (Å²) in [6.45, 7) is 2.67. The van der Waals surface area contributed by atoms with Crippen LogP contribution in [0.5, 0.6) is 17.2 Å². The van der Waals surface area contributed by atoms with Crippen LogP contribution in [0.3, 0.4) is 0 Å². The first kappa shape index (κ1) is 21.0. The van der Waals surface area contributed by atoms with Crippen LogP contribution in [0.15, 0.2) is 39.7 Å². The highest BCUT2D eigenvalue weighted by Gasteiger charge is 2.25. The summed E-state index contributed by atoms with van der Waals surface area (Å²) in [7, 11) is 4.64. The molecule has 0 saturated heterocycles. The number of ether oxygens (including phenoxy) is 3. The van der Waals surface area contributed by atoms with E-state index in [1.165, 1.54) is 6.20 Å². The molecule has 0 fully saturated rings. The van der Waals surface area contributed by atoms with E-state index < -0.39 is 11.5 Å². The summed E-state index contributed by atoms with van der Waals surface area (Å²) in [5, 5.41) is 0.766. The fourth-order valence-corrected chi connectivity index (χ4v) is 3.71. The highest BCUT2D eigenvalue weighted by atomic mass is 79.9. The van der Waals surface area contributed by atoms with Gasteiger partial charge in [-0.15, -0.1) is 0 Å². The van der Waals surface area contributed by atoms with Crippen LogP contribution in [-0.4, -0.2) is 36.4 Å². The topological polar surface area (TPSA) is 71.7 Å². The molecule has 0 N–H and O–H groups in total. The quantitative estimate of drug-likeness (QED) is 0.528. The number of carbonyl (C=O) groups is 1. The fraction of sp³-hybridized carbons (Fsp3) is 0.333. The number of nitrogens with zero attached hydrogens (tertiary/aromatic N) is 2. The van der Waals surface area contributed by atoms with E-state index in [1.54, 1.807) is 45.6 Å². The number of methoxy groups -OCH3 is 3. The number of rotatable bonds is 7. The first-order valence-electron chi connectivity index (χ1n) is 9.22. The second-order valence-electron chi connectivity index (χ2n) is 6.45. The number of hydrogen-bond acceptors (Lipinski definition) is 5. The van der Waals surface area contributed by atoms with Crippen molar-refractivity contribution in [2.45, 2.75) is 26.3 Å². The minimum Gasteiger partial charge on any atom is -0.493 e. The van der Waals surface area contributed by atoms with Crippen LogP contribution in [0.2, 0.25) is 0 Å². The molecule has 8 heteroatoms. The van der Waals surface area contributed by atoms with E-state index in [0.29, 0.717) is 34.0 Å². The molecule has 0 radical (unpaired) electrons. The molecule has 0 aliphatic rings. The van der Waals surface area contributed by atoms with Gasteiger partial charge in [0.25, 0.3) is 11.5 Å². The summed E-state index contributed by atoms with van der Waals surface area (Å²) in [5.74, 6) is 1.03. The lowest BCUT2D eigenvalue weighted by Gasteiger charge is -2.16. The van der Waals surface area contributed by atoms with E-state index in [2.05, 4.69) is 22.9 Å². The van der Waals surface area contributed by atoms with Crippen molar-refractivity contribution < 1.29 is 19.0 Å². The lowest BCUT2D eigenvalue weighted by Crippen LogP contribution is -2.28. The molecule has 0 spiro atoms. The molecule has 2 aromatic heterocycles. The minimum absolute atomic E-state index is 0.325. The van der Waals surface area contributed by atoms with Crippen molar-refractivity contribution in [2.24, 2.45) is 0 Å². The molecule has 7 nitrogen and oxygen atoms in total. The predicted molar refractivity (Wildman–Crippen MR) is 115 cm³/mol. The summed E-state index contributed by atoms with van der Waals surface area (Å²) in [6.07, 6.45) is 3.27. The molecule has 3 aromatic rings. The van der Waals surface area contributed by atoms with Crippen LogP contribution >= 0.6 is 15.9 Å². The standard InChI is InChI=1S/C21H23BrN2O5/c1-5-6-9-23-15(21(26)24-10-7-8-14(22)20(24)25)11-13-12-16(27-2)18(28-3)19(29-4)17(13)23/h7-8,10-12H,5-6,9H2,1-4H3. The Morgan fingerprint density at radius 3 is 2.45 bits per heavy atom. The van der Waals surface area contributed by atoms with Gasteiger partial charge in [-0.2, -0.15) is 0 Å². The molecule has 0 atom stereocenters. The van der Waals surface area contributed by atoms with Crippen molar-refractivity contribution in [2.75, 3.05) is 21.3 Å². The molecule has 0 bridgehead atoms. The maximum Gasteiger partial charge on any atom is 0.281 e. The van der Waals surface area contributed by atoms with Crippen LogP contribution < -0.4 is 19.8 Å². The van der Waals surface area contributed by atoms with Gasteiger partial charge in [0.2, 0.25) is 5.75 Å².